The summed E-state index contributed by atoms with van der Waals surface area (Å²) in [6.45, 7) is 10.2. The molecule has 0 saturated carbocycles. The molecule has 1 unspecified atom stereocenters. The van der Waals surface area contributed by atoms with Crippen LogP contribution in [0.1, 0.15) is 51.4 Å². The minimum atomic E-state index is -0.784. The minimum Gasteiger partial charge on any atom is -0.366 e. The fourth-order valence-electron chi connectivity index (χ4n) is 3.89. The molecule has 0 aliphatic rings. The van der Waals surface area contributed by atoms with Gasteiger partial charge in [0.1, 0.15) is 11.9 Å². The number of nitriles is 1. The van der Waals surface area contributed by atoms with Gasteiger partial charge >= 0.3 is 0 Å². The molecule has 0 aliphatic heterocycles. The third-order valence-corrected chi connectivity index (χ3v) is 5.67. The largest absolute Gasteiger partial charge is 0.366 e. The van der Waals surface area contributed by atoms with Crippen LogP contribution in [0, 0.1) is 16.7 Å². The molecule has 5 nitrogen and oxygen atoms in total. The smallest absolute Gasteiger partial charge is 0.142 e. The van der Waals surface area contributed by atoms with E-state index in [-0.39, 0.29) is 5.41 Å². The molecule has 0 radical (unpaired) electrons. The lowest BCUT2D eigenvalue weighted by molar-refractivity contribution is -0.0681. The number of methoxy groups -OCH3 is 1. The zero-order valence-electron chi connectivity index (χ0n) is 18.5. The number of pyridine rings is 1. The summed E-state index contributed by atoms with van der Waals surface area (Å²) in [6.07, 6.45) is 6.95. The van der Waals surface area contributed by atoms with Crippen molar-refractivity contribution in [2.45, 2.75) is 45.6 Å². The van der Waals surface area contributed by atoms with E-state index in [9.17, 15) is 5.26 Å². The second kappa shape index (κ2) is 7.97. The second-order valence-corrected chi connectivity index (χ2v) is 9.01. The third kappa shape index (κ3) is 3.71. The van der Waals surface area contributed by atoms with E-state index in [0.717, 1.165) is 27.9 Å². The van der Waals surface area contributed by atoms with Crippen LogP contribution in [0.5, 0.6) is 0 Å². The van der Waals surface area contributed by atoms with Crippen LogP contribution in [-0.4, -0.2) is 22.1 Å². The Balaban J connectivity index is 2.02. The Hall–Kier alpha value is -3.10. The van der Waals surface area contributed by atoms with E-state index in [1.165, 1.54) is 6.33 Å². The summed E-state index contributed by atoms with van der Waals surface area (Å²) in [5, 5.41) is 9.34. The molecule has 3 aromatic rings. The number of hydrogen-bond donors (Lipinski definition) is 0. The lowest BCUT2D eigenvalue weighted by Crippen LogP contribution is -2.44. The van der Waals surface area contributed by atoms with Crippen LogP contribution in [-0.2, 0) is 15.8 Å². The Morgan fingerprint density at radius 1 is 0.800 bits per heavy atom. The summed E-state index contributed by atoms with van der Waals surface area (Å²) in [5.74, 6) is 0. The SMILES string of the molecule is COC(c1cncnc1)(c1ccc(-c2ccc(C(C)(C)C#N)cc2)cn1)C(C)(C)C. The van der Waals surface area contributed by atoms with Gasteiger partial charge in [0.25, 0.3) is 0 Å². The molecule has 0 amide bonds. The van der Waals surface area contributed by atoms with E-state index in [1.54, 1.807) is 19.5 Å². The average molecular weight is 401 g/mol. The predicted molar refractivity (Wildman–Crippen MR) is 118 cm³/mol. The Morgan fingerprint density at radius 2 is 1.40 bits per heavy atom. The molecule has 30 heavy (non-hydrogen) atoms. The lowest BCUT2D eigenvalue weighted by atomic mass is 9.70. The Bertz CT molecular complexity index is 1030. The van der Waals surface area contributed by atoms with E-state index in [1.807, 2.05) is 50.4 Å². The molecule has 1 atom stereocenters. The molecule has 0 spiro atoms. The summed E-state index contributed by atoms with van der Waals surface area (Å²) in [6, 6.07) is 14.5. The highest BCUT2D eigenvalue weighted by Crippen LogP contribution is 2.46. The molecule has 2 heterocycles. The summed E-state index contributed by atoms with van der Waals surface area (Å²) in [5.41, 5.74) is 3.13. The van der Waals surface area contributed by atoms with Crippen molar-refractivity contribution in [1.82, 2.24) is 15.0 Å². The fraction of sp³-hybridized carbons (Fsp3) is 0.360. The maximum absolute atomic E-state index is 9.34. The van der Waals surface area contributed by atoms with Crippen LogP contribution in [0.2, 0.25) is 0 Å². The van der Waals surface area contributed by atoms with Crippen molar-refractivity contribution >= 4 is 0 Å². The van der Waals surface area contributed by atoms with Crippen LogP contribution in [0.15, 0.2) is 61.3 Å². The van der Waals surface area contributed by atoms with E-state index in [4.69, 9.17) is 9.72 Å². The van der Waals surface area contributed by atoms with E-state index >= 15 is 0 Å². The van der Waals surface area contributed by atoms with Crippen LogP contribution < -0.4 is 0 Å². The van der Waals surface area contributed by atoms with Gasteiger partial charge in [0.2, 0.25) is 0 Å². The van der Waals surface area contributed by atoms with Crippen molar-refractivity contribution in [3.63, 3.8) is 0 Å². The molecule has 0 bridgehead atoms. The fourth-order valence-corrected chi connectivity index (χ4v) is 3.89. The van der Waals surface area contributed by atoms with Gasteiger partial charge in [-0.25, -0.2) is 9.97 Å². The maximum Gasteiger partial charge on any atom is 0.142 e. The Labute approximate surface area is 178 Å². The summed E-state index contributed by atoms with van der Waals surface area (Å²) in [7, 11) is 1.70. The first-order valence-corrected chi connectivity index (χ1v) is 9.95. The number of aromatic nitrogens is 3. The molecule has 5 heteroatoms. The lowest BCUT2D eigenvalue weighted by Gasteiger charge is -2.43. The van der Waals surface area contributed by atoms with Crippen molar-refractivity contribution in [1.29, 1.82) is 5.26 Å². The van der Waals surface area contributed by atoms with Crippen molar-refractivity contribution in [3.05, 3.63) is 78.1 Å². The first-order chi connectivity index (χ1) is 14.2. The zero-order chi connectivity index (χ0) is 22.0. The standard InChI is InChI=1S/C25H28N4O/c1-23(2,3)25(30-6,21-14-27-17-28-15-21)22-12-9-19(13-29-22)18-7-10-20(11-8-18)24(4,5)16-26/h7-15,17H,1-6H3. The molecular weight excluding hydrogens is 372 g/mol. The summed E-state index contributed by atoms with van der Waals surface area (Å²) < 4.78 is 6.11. The van der Waals surface area contributed by atoms with E-state index < -0.39 is 11.0 Å². The number of benzene rings is 1. The minimum absolute atomic E-state index is 0.286. The highest BCUT2D eigenvalue weighted by molar-refractivity contribution is 5.63. The topological polar surface area (TPSA) is 71.7 Å². The van der Waals surface area contributed by atoms with Gasteiger partial charge < -0.3 is 4.74 Å². The molecule has 0 fully saturated rings. The molecule has 0 N–H and O–H groups in total. The monoisotopic (exact) mass is 400 g/mol. The quantitative estimate of drug-likeness (QED) is 0.583. The van der Waals surface area contributed by atoms with Crippen molar-refractivity contribution in [2.24, 2.45) is 5.41 Å². The van der Waals surface area contributed by atoms with Crippen molar-refractivity contribution in [3.8, 4) is 17.2 Å². The highest BCUT2D eigenvalue weighted by Gasteiger charge is 2.47. The average Bonchev–Trinajstić information content (AvgIpc) is 2.75. The van der Waals surface area contributed by atoms with Gasteiger partial charge in [-0.15, -0.1) is 0 Å². The van der Waals surface area contributed by atoms with Crippen LogP contribution in [0.3, 0.4) is 0 Å². The molecule has 0 aliphatic carbocycles. The number of hydrogen-bond acceptors (Lipinski definition) is 5. The van der Waals surface area contributed by atoms with Gasteiger partial charge in [-0.05, 0) is 31.0 Å². The zero-order valence-corrected chi connectivity index (χ0v) is 18.5. The number of ether oxygens (including phenoxy) is 1. The molecule has 1 aromatic carbocycles. The normalized spacial score (nSPS) is 14.0. The molecule has 0 saturated heterocycles. The Morgan fingerprint density at radius 3 is 1.87 bits per heavy atom. The second-order valence-electron chi connectivity index (χ2n) is 9.01. The van der Waals surface area contributed by atoms with Crippen molar-refractivity contribution in [2.75, 3.05) is 7.11 Å². The van der Waals surface area contributed by atoms with Crippen LogP contribution in [0.4, 0.5) is 0 Å². The first kappa shape index (κ1) is 21.6. The Kier molecular flexibility index (Phi) is 5.74. The first-order valence-electron chi connectivity index (χ1n) is 9.95. The summed E-state index contributed by atoms with van der Waals surface area (Å²) in [4.78, 5) is 13.2. The van der Waals surface area contributed by atoms with Crippen molar-refractivity contribution < 1.29 is 4.74 Å². The molecule has 3 rings (SSSR count). The molecular formula is C25H28N4O. The predicted octanol–water partition coefficient (Wildman–Crippen LogP) is 5.28. The maximum atomic E-state index is 9.34. The van der Waals surface area contributed by atoms with Gasteiger partial charge in [0.15, 0.2) is 0 Å². The number of nitrogens with zero attached hydrogens (tertiary/aromatic N) is 4. The van der Waals surface area contributed by atoms with Gasteiger partial charge in [0, 0.05) is 42.2 Å². The molecule has 2 aromatic heterocycles. The van der Waals surface area contributed by atoms with Gasteiger partial charge in [-0.2, -0.15) is 5.26 Å². The van der Waals surface area contributed by atoms with Gasteiger partial charge in [-0.1, -0.05) is 51.1 Å². The third-order valence-electron chi connectivity index (χ3n) is 5.67. The number of rotatable bonds is 5. The highest BCUT2D eigenvalue weighted by atomic mass is 16.5. The molecule has 154 valence electrons. The van der Waals surface area contributed by atoms with E-state index in [0.29, 0.717) is 0 Å². The van der Waals surface area contributed by atoms with Crippen LogP contribution >= 0.6 is 0 Å². The summed E-state index contributed by atoms with van der Waals surface area (Å²) >= 11 is 0. The van der Waals surface area contributed by atoms with Crippen LogP contribution in [0.25, 0.3) is 11.1 Å². The van der Waals surface area contributed by atoms with E-state index in [2.05, 4.69) is 42.9 Å². The van der Waals surface area contributed by atoms with Gasteiger partial charge in [-0.3, -0.25) is 4.98 Å². The van der Waals surface area contributed by atoms with Gasteiger partial charge in [0.05, 0.1) is 17.2 Å².